The summed E-state index contributed by atoms with van der Waals surface area (Å²) in [6.45, 7) is 12.2. The van der Waals surface area contributed by atoms with Crippen LogP contribution in [0.3, 0.4) is 0 Å². The molecular formula is C14H24N4O3Si2. The molecule has 0 atom stereocenters. The highest BCUT2D eigenvalue weighted by Gasteiger charge is 2.22. The molecule has 0 aliphatic rings. The molecule has 9 heteroatoms. The van der Waals surface area contributed by atoms with Gasteiger partial charge in [-0.2, -0.15) is 0 Å². The number of fused-ring (bicyclic) bond motifs is 1. The first kappa shape index (κ1) is 17.6. The lowest BCUT2D eigenvalue weighted by molar-refractivity contribution is -0.135. The predicted molar refractivity (Wildman–Crippen MR) is 93.4 cm³/mol. The van der Waals surface area contributed by atoms with E-state index in [0.29, 0.717) is 35.7 Å². The molecule has 23 heavy (non-hydrogen) atoms. The second kappa shape index (κ2) is 6.40. The van der Waals surface area contributed by atoms with Crippen molar-refractivity contribution in [2.75, 3.05) is 0 Å². The summed E-state index contributed by atoms with van der Waals surface area (Å²) in [5.74, 6) is 1.03. The Bertz CT molecular complexity index is 704. The van der Waals surface area contributed by atoms with E-state index in [9.17, 15) is 4.79 Å². The van der Waals surface area contributed by atoms with Crippen molar-refractivity contribution in [3.05, 3.63) is 12.2 Å². The van der Waals surface area contributed by atoms with E-state index in [1.807, 2.05) is 19.6 Å². The molecule has 7 nitrogen and oxygen atoms in total. The third kappa shape index (κ3) is 5.43. The van der Waals surface area contributed by atoms with Crippen LogP contribution in [0.25, 0.3) is 11.2 Å². The van der Waals surface area contributed by atoms with Crippen molar-refractivity contribution in [2.24, 2.45) is 0 Å². The van der Waals surface area contributed by atoms with Crippen LogP contribution in [0.5, 0.6) is 5.88 Å². The molecule has 126 valence electrons. The molecule has 2 rings (SSSR count). The molecule has 0 aliphatic heterocycles. The van der Waals surface area contributed by atoms with Gasteiger partial charge in [0, 0.05) is 6.42 Å². The van der Waals surface area contributed by atoms with Gasteiger partial charge < -0.3 is 13.8 Å². The minimum Gasteiger partial charge on any atom is -0.530 e. The second-order valence-corrected chi connectivity index (χ2v) is 16.2. The number of aryl methyl sites for hydroxylation is 1. The monoisotopic (exact) mass is 352 g/mol. The van der Waals surface area contributed by atoms with Gasteiger partial charge in [0.2, 0.25) is 22.5 Å². The number of rotatable bonds is 6. The fourth-order valence-electron chi connectivity index (χ4n) is 1.95. The quantitative estimate of drug-likeness (QED) is 0.804. The Labute approximate surface area is 138 Å². The van der Waals surface area contributed by atoms with Crippen LogP contribution in [-0.4, -0.2) is 42.5 Å². The van der Waals surface area contributed by atoms with Crippen LogP contribution in [0.2, 0.25) is 39.3 Å². The summed E-state index contributed by atoms with van der Waals surface area (Å²) < 4.78 is 11.4. The summed E-state index contributed by atoms with van der Waals surface area (Å²) in [5.41, 5.74) is 1.24. The van der Waals surface area contributed by atoms with Gasteiger partial charge in [0.1, 0.15) is 17.7 Å². The van der Waals surface area contributed by atoms with E-state index in [2.05, 4.69) is 39.6 Å². The summed E-state index contributed by atoms with van der Waals surface area (Å²) in [6, 6.07) is 0. The van der Waals surface area contributed by atoms with Gasteiger partial charge >= 0.3 is 0 Å². The molecule has 2 aromatic rings. The average Bonchev–Trinajstić information content (AvgIpc) is 2.76. The van der Waals surface area contributed by atoms with Crippen molar-refractivity contribution in [1.29, 1.82) is 0 Å². The Morgan fingerprint density at radius 2 is 1.83 bits per heavy atom. The van der Waals surface area contributed by atoms with Crippen LogP contribution in [0.4, 0.5) is 0 Å². The smallest absolute Gasteiger partial charge is 0.292 e. The molecule has 0 saturated heterocycles. The fourth-order valence-corrected chi connectivity index (χ4v) is 3.47. The van der Waals surface area contributed by atoms with Gasteiger partial charge in [0.05, 0.1) is 6.42 Å². The van der Waals surface area contributed by atoms with E-state index >= 15 is 0 Å². The second-order valence-electron chi connectivity index (χ2n) is 7.36. The average molecular weight is 353 g/mol. The number of nitrogens with one attached hydrogen (secondary N) is 1. The van der Waals surface area contributed by atoms with Gasteiger partial charge in [0.25, 0.3) is 5.97 Å². The number of carbonyl (C=O) groups is 1. The maximum absolute atomic E-state index is 11.8. The van der Waals surface area contributed by atoms with Crippen LogP contribution >= 0.6 is 0 Å². The number of nitrogens with zero attached hydrogens (tertiary/aromatic N) is 3. The molecule has 0 amide bonds. The molecule has 0 saturated carbocycles. The van der Waals surface area contributed by atoms with Crippen LogP contribution < -0.4 is 4.43 Å². The van der Waals surface area contributed by atoms with E-state index in [0.717, 1.165) is 0 Å². The van der Waals surface area contributed by atoms with E-state index in [4.69, 9.17) is 8.85 Å². The summed E-state index contributed by atoms with van der Waals surface area (Å²) in [5, 5.41) is 0. The SMILES string of the molecule is C[Si](C)(C)OC(=O)CCc1nc2ncnc(O[Si](C)(C)C)c2[nH]1. The largest absolute Gasteiger partial charge is 0.530 e. The molecule has 0 bridgehead atoms. The Hall–Kier alpha value is -1.75. The number of H-pyrrole nitrogens is 1. The molecule has 0 spiro atoms. The summed E-state index contributed by atoms with van der Waals surface area (Å²) in [6.07, 6.45) is 2.22. The number of hydrogen-bond acceptors (Lipinski definition) is 6. The summed E-state index contributed by atoms with van der Waals surface area (Å²) >= 11 is 0. The lowest BCUT2D eigenvalue weighted by Crippen LogP contribution is -2.29. The number of aromatic amines is 1. The zero-order valence-corrected chi connectivity index (χ0v) is 16.6. The first-order valence-corrected chi connectivity index (χ1v) is 14.5. The molecule has 0 radical (unpaired) electrons. The standard InChI is InChI=1S/C14H24N4O3Si2/c1-22(2,3)20-11(19)8-7-10-17-12-13(18-10)15-9-16-14(12)21-23(4,5)6/h9H,7-8H2,1-6H3,(H,15,16,17,18). The van der Waals surface area contributed by atoms with Crippen LogP contribution in [-0.2, 0) is 15.6 Å². The van der Waals surface area contributed by atoms with Gasteiger partial charge in [0.15, 0.2) is 5.65 Å². The minimum absolute atomic E-state index is 0.186. The van der Waals surface area contributed by atoms with Crippen molar-refractivity contribution >= 4 is 33.8 Å². The third-order valence-electron chi connectivity index (χ3n) is 2.69. The predicted octanol–water partition coefficient (Wildman–Crippen LogP) is 2.88. The van der Waals surface area contributed by atoms with E-state index < -0.39 is 16.6 Å². The lowest BCUT2D eigenvalue weighted by atomic mass is 10.3. The normalized spacial score (nSPS) is 12.4. The Kier molecular flexibility index (Phi) is 4.90. The summed E-state index contributed by atoms with van der Waals surface area (Å²) in [4.78, 5) is 27.7. The zero-order chi connectivity index (χ0) is 17.3. The Morgan fingerprint density at radius 1 is 1.13 bits per heavy atom. The number of imidazole rings is 1. The summed E-state index contributed by atoms with van der Waals surface area (Å²) in [7, 11) is -3.62. The molecule has 0 fully saturated rings. The lowest BCUT2D eigenvalue weighted by Gasteiger charge is -2.17. The zero-order valence-electron chi connectivity index (χ0n) is 14.6. The maximum atomic E-state index is 11.8. The van der Waals surface area contributed by atoms with Crippen LogP contribution in [0, 0.1) is 0 Å². The highest BCUT2D eigenvalue weighted by Crippen LogP contribution is 2.22. The van der Waals surface area contributed by atoms with Crippen molar-refractivity contribution in [3.8, 4) is 5.88 Å². The molecular weight excluding hydrogens is 328 g/mol. The molecule has 2 heterocycles. The Balaban J connectivity index is 2.11. The number of hydrogen-bond donors (Lipinski definition) is 1. The van der Waals surface area contributed by atoms with Gasteiger partial charge in [-0.15, -0.1) is 0 Å². The van der Waals surface area contributed by atoms with Crippen LogP contribution in [0.1, 0.15) is 12.2 Å². The highest BCUT2D eigenvalue weighted by molar-refractivity contribution is 6.71. The van der Waals surface area contributed by atoms with E-state index in [-0.39, 0.29) is 5.97 Å². The number of carbonyl (C=O) groups excluding carboxylic acids is 1. The van der Waals surface area contributed by atoms with Crippen molar-refractivity contribution < 1.29 is 13.6 Å². The van der Waals surface area contributed by atoms with Crippen molar-refractivity contribution in [3.63, 3.8) is 0 Å². The van der Waals surface area contributed by atoms with E-state index in [1.165, 1.54) is 6.33 Å². The molecule has 0 aliphatic carbocycles. The molecule has 1 N–H and O–H groups in total. The fraction of sp³-hybridized carbons (Fsp3) is 0.571. The van der Waals surface area contributed by atoms with Crippen LogP contribution in [0.15, 0.2) is 6.33 Å². The first-order valence-electron chi connectivity index (χ1n) is 7.64. The molecule has 0 aromatic carbocycles. The third-order valence-corrected chi connectivity index (χ3v) is 4.34. The first-order chi connectivity index (χ1) is 10.5. The van der Waals surface area contributed by atoms with Crippen molar-refractivity contribution in [2.45, 2.75) is 52.1 Å². The van der Waals surface area contributed by atoms with Gasteiger partial charge in [-0.1, -0.05) is 0 Å². The molecule has 2 aromatic heterocycles. The highest BCUT2D eigenvalue weighted by atomic mass is 28.4. The number of aromatic nitrogens is 4. The topological polar surface area (TPSA) is 90.0 Å². The van der Waals surface area contributed by atoms with Gasteiger partial charge in [-0.25, -0.2) is 15.0 Å². The van der Waals surface area contributed by atoms with E-state index in [1.54, 1.807) is 0 Å². The minimum atomic E-state index is -1.84. The molecule has 0 unspecified atom stereocenters. The van der Waals surface area contributed by atoms with Gasteiger partial charge in [-0.05, 0) is 39.3 Å². The maximum Gasteiger partial charge on any atom is 0.292 e. The Morgan fingerprint density at radius 3 is 2.43 bits per heavy atom. The van der Waals surface area contributed by atoms with Crippen molar-refractivity contribution in [1.82, 2.24) is 19.9 Å². The van der Waals surface area contributed by atoms with Gasteiger partial charge in [-0.3, -0.25) is 4.79 Å².